The fraction of sp³-hybridized carbons (Fsp3) is 0. The zero-order chi connectivity index (χ0) is 35.3. The summed E-state index contributed by atoms with van der Waals surface area (Å²) in [6.07, 6.45) is 0. The molecule has 248 valence electrons. The molecule has 0 fully saturated rings. The van der Waals surface area contributed by atoms with Crippen molar-refractivity contribution >= 4 is 108 Å². The molecule has 0 amide bonds. The van der Waals surface area contributed by atoms with Crippen molar-refractivity contribution in [3.63, 3.8) is 0 Å². The standard InChI is InChI=1S/C51H29N3/c1-2-9-30(10-3-1)49-52-50-35-12-8-11-31(25-35)32-17-21-41-37-13-4-5-14-38(37)42-22-18-33(27-46(42)45(41)26-32)34-19-23-43-39-15-6-7-16-40(39)44-24-20-36(51(53-49)54-50)29-48(44)47(43)28-34/h1-29H. The van der Waals surface area contributed by atoms with Gasteiger partial charge in [-0.2, -0.15) is 0 Å². The highest BCUT2D eigenvalue weighted by molar-refractivity contribution is 6.29. The SMILES string of the molecule is c1ccc(-c2nc3nc(n2)c2ccc4c5ccccc5c5ccc(cc5c4c2)c2ccc4c5ccccc5c5ccc(cc5c4c2)c2cccc3c2)cc1. The van der Waals surface area contributed by atoms with E-state index in [9.17, 15) is 0 Å². The summed E-state index contributed by atoms with van der Waals surface area (Å²) in [6, 6.07) is 63.9. The average Bonchev–Trinajstić information content (AvgIpc) is 3.26. The fourth-order valence-corrected chi connectivity index (χ4v) is 8.78. The molecule has 10 aromatic carbocycles. The second kappa shape index (κ2) is 11.1. The molecule has 2 heterocycles. The number of rotatable bonds is 1. The predicted molar refractivity (Wildman–Crippen MR) is 229 cm³/mol. The van der Waals surface area contributed by atoms with Gasteiger partial charge in [-0.05, 0) is 117 Å². The summed E-state index contributed by atoms with van der Waals surface area (Å²) in [5.41, 5.74) is 2.25. The van der Waals surface area contributed by atoms with Crippen LogP contribution in [0.15, 0.2) is 176 Å². The van der Waals surface area contributed by atoms with E-state index >= 15 is 0 Å². The lowest BCUT2D eigenvalue weighted by Gasteiger charge is -2.13. The maximum absolute atomic E-state index is 5.20. The molecular formula is C51H29N3. The molecule has 12 rings (SSSR count). The van der Waals surface area contributed by atoms with E-state index in [-0.39, 0.29) is 0 Å². The van der Waals surface area contributed by atoms with Crippen LogP contribution in [-0.4, -0.2) is 15.0 Å². The Labute approximate surface area is 309 Å². The first-order valence-corrected chi connectivity index (χ1v) is 18.4. The molecule has 54 heavy (non-hydrogen) atoms. The van der Waals surface area contributed by atoms with Crippen LogP contribution < -0.4 is 0 Å². The van der Waals surface area contributed by atoms with Gasteiger partial charge in [-0.15, -0.1) is 0 Å². The molecular weight excluding hydrogens is 655 g/mol. The van der Waals surface area contributed by atoms with Gasteiger partial charge in [0.1, 0.15) is 0 Å². The molecule has 0 unspecified atom stereocenters. The zero-order valence-corrected chi connectivity index (χ0v) is 29.1. The Morgan fingerprint density at radius 1 is 0.222 bits per heavy atom. The van der Waals surface area contributed by atoms with Gasteiger partial charge < -0.3 is 0 Å². The molecule has 2 aromatic heterocycles. The van der Waals surface area contributed by atoms with Crippen LogP contribution in [0, 0.1) is 0 Å². The van der Waals surface area contributed by atoms with Crippen molar-refractivity contribution in [2.45, 2.75) is 0 Å². The smallest absolute Gasteiger partial charge is 0.164 e. The zero-order valence-electron chi connectivity index (χ0n) is 29.1. The predicted octanol–water partition coefficient (Wildman–Crippen LogP) is 13.6. The van der Waals surface area contributed by atoms with E-state index in [4.69, 9.17) is 15.0 Å². The van der Waals surface area contributed by atoms with Gasteiger partial charge in [-0.25, -0.2) is 15.0 Å². The summed E-state index contributed by atoms with van der Waals surface area (Å²) in [6.45, 7) is 0. The molecule has 3 heteroatoms. The topological polar surface area (TPSA) is 38.7 Å². The first kappa shape index (κ1) is 29.4. The first-order chi connectivity index (χ1) is 26.7. The molecule has 0 saturated heterocycles. The Morgan fingerprint density at radius 3 is 1.06 bits per heavy atom. The molecule has 12 bridgehead atoms. The number of benzene rings is 10. The van der Waals surface area contributed by atoms with E-state index in [0.29, 0.717) is 17.1 Å². The maximum Gasteiger partial charge on any atom is 0.164 e. The van der Waals surface area contributed by atoms with E-state index in [0.717, 1.165) is 27.1 Å². The fourth-order valence-electron chi connectivity index (χ4n) is 8.78. The third kappa shape index (κ3) is 4.33. The van der Waals surface area contributed by atoms with Crippen molar-refractivity contribution in [3.8, 4) is 11.4 Å². The Kier molecular flexibility index (Phi) is 6.05. The first-order valence-electron chi connectivity index (χ1n) is 18.4. The molecule has 0 aliphatic carbocycles. The van der Waals surface area contributed by atoms with Crippen molar-refractivity contribution in [1.82, 2.24) is 15.0 Å². The van der Waals surface area contributed by atoms with E-state index < -0.39 is 0 Å². The lowest BCUT2D eigenvalue weighted by Crippen LogP contribution is -1.94. The van der Waals surface area contributed by atoms with Gasteiger partial charge in [-0.1, -0.05) is 146 Å². The van der Waals surface area contributed by atoms with Crippen molar-refractivity contribution in [2.24, 2.45) is 0 Å². The third-order valence-corrected chi connectivity index (χ3v) is 11.4. The lowest BCUT2D eigenvalue weighted by molar-refractivity contribution is 1.18. The molecule has 0 radical (unpaired) electrons. The summed E-state index contributed by atoms with van der Waals surface area (Å²) < 4.78 is 0. The second-order valence-electron chi connectivity index (χ2n) is 14.4. The van der Waals surface area contributed by atoms with Crippen LogP contribution >= 0.6 is 0 Å². The highest BCUT2D eigenvalue weighted by Gasteiger charge is 2.13. The average molecular weight is 684 g/mol. The van der Waals surface area contributed by atoms with Crippen LogP contribution in [-0.2, 0) is 0 Å². The summed E-state index contributed by atoms with van der Waals surface area (Å²) in [5.74, 6) is 0.652. The Hall–Kier alpha value is -7.23. The van der Waals surface area contributed by atoms with Crippen LogP contribution in [0.25, 0.3) is 120 Å². The van der Waals surface area contributed by atoms with Gasteiger partial charge in [-0.3, -0.25) is 0 Å². The van der Waals surface area contributed by atoms with Crippen LogP contribution in [0.4, 0.5) is 0 Å². The van der Waals surface area contributed by atoms with Crippen molar-refractivity contribution in [1.29, 1.82) is 0 Å². The molecule has 3 nitrogen and oxygen atoms in total. The minimum atomic E-state index is 0.648. The van der Waals surface area contributed by atoms with Crippen LogP contribution in [0.1, 0.15) is 0 Å². The molecule has 0 saturated carbocycles. The van der Waals surface area contributed by atoms with Gasteiger partial charge >= 0.3 is 0 Å². The van der Waals surface area contributed by atoms with Crippen LogP contribution in [0.2, 0.25) is 0 Å². The molecule has 0 spiro atoms. The minimum Gasteiger partial charge on any atom is -0.208 e. The van der Waals surface area contributed by atoms with Crippen molar-refractivity contribution in [2.75, 3.05) is 0 Å². The van der Waals surface area contributed by atoms with E-state index in [1.54, 1.807) is 0 Å². The van der Waals surface area contributed by atoms with Gasteiger partial charge in [0.15, 0.2) is 17.1 Å². The largest absolute Gasteiger partial charge is 0.208 e. The lowest BCUT2D eigenvalue weighted by atomic mass is 9.91. The van der Waals surface area contributed by atoms with Crippen LogP contribution in [0.3, 0.4) is 0 Å². The normalized spacial score (nSPS) is 12.1. The summed E-state index contributed by atoms with van der Waals surface area (Å²) in [4.78, 5) is 15.4. The van der Waals surface area contributed by atoms with Crippen molar-refractivity contribution < 1.29 is 0 Å². The Balaban J connectivity index is 1.34. The van der Waals surface area contributed by atoms with Gasteiger partial charge in [0, 0.05) is 16.3 Å². The molecule has 12 aromatic rings. The third-order valence-electron chi connectivity index (χ3n) is 11.4. The van der Waals surface area contributed by atoms with E-state index in [1.165, 1.54) is 75.4 Å². The molecule has 0 aliphatic heterocycles. The summed E-state index contributed by atoms with van der Waals surface area (Å²) in [7, 11) is 0. The maximum atomic E-state index is 5.20. The number of fused-ring (bicyclic) bond motifs is 18. The molecule has 0 atom stereocenters. The van der Waals surface area contributed by atoms with Gasteiger partial charge in [0.2, 0.25) is 0 Å². The summed E-state index contributed by atoms with van der Waals surface area (Å²) in [5, 5.41) is 21.4. The highest BCUT2D eigenvalue weighted by Crippen LogP contribution is 2.40. The Morgan fingerprint density at radius 2 is 0.574 bits per heavy atom. The quantitative estimate of drug-likeness (QED) is 0.162. The van der Waals surface area contributed by atoms with E-state index in [1.807, 2.05) is 18.2 Å². The van der Waals surface area contributed by atoms with Gasteiger partial charge in [0.25, 0.3) is 0 Å². The van der Waals surface area contributed by atoms with Gasteiger partial charge in [0.05, 0.1) is 0 Å². The highest BCUT2D eigenvalue weighted by atomic mass is 15.0. The van der Waals surface area contributed by atoms with Crippen molar-refractivity contribution in [3.05, 3.63) is 176 Å². The Bertz CT molecular complexity index is 3610. The molecule has 0 aliphatic rings. The minimum absolute atomic E-state index is 0.648. The van der Waals surface area contributed by atoms with E-state index in [2.05, 4.69) is 158 Å². The molecule has 0 N–H and O–H groups in total. The number of nitrogens with zero attached hydrogens (tertiary/aromatic N) is 3. The number of hydrogen-bond donors (Lipinski definition) is 0. The number of hydrogen-bond acceptors (Lipinski definition) is 3. The second-order valence-corrected chi connectivity index (χ2v) is 14.4. The number of aromatic nitrogens is 3. The van der Waals surface area contributed by atoms with Crippen LogP contribution in [0.5, 0.6) is 0 Å². The monoisotopic (exact) mass is 683 g/mol. The summed E-state index contributed by atoms with van der Waals surface area (Å²) >= 11 is 0.